The zero-order valence-electron chi connectivity index (χ0n) is 13.7. The molecule has 0 saturated carbocycles. The highest BCUT2D eigenvalue weighted by Gasteiger charge is 2.19. The number of fused-ring (bicyclic) bond motifs is 1. The number of halogens is 1. The minimum atomic E-state index is -0.594. The van der Waals surface area contributed by atoms with E-state index < -0.39 is 17.1 Å². The summed E-state index contributed by atoms with van der Waals surface area (Å²) in [6.07, 6.45) is 3.08. The van der Waals surface area contributed by atoms with Gasteiger partial charge in [-0.3, -0.25) is 9.36 Å². The molecule has 7 nitrogen and oxygen atoms in total. The van der Waals surface area contributed by atoms with E-state index in [0.717, 1.165) is 4.57 Å². The molecule has 0 N–H and O–H groups in total. The van der Waals surface area contributed by atoms with Crippen LogP contribution in [0.1, 0.15) is 0 Å². The van der Waals surface area contributed by atoms with Gasteiger partial charge in [0.25, 0.3) is 5.56 Å². The zero-order chi connectivity index (χ0) is 18.0. The predicted molar refractivity (Wildman–Crippen MR) is 91.6 cm³/mol. The molecular formula is C17H17FN4O3. The van der Waals surface area contributed by atoms with E-state index in [0.29, 0.717) is 12.2 Å². The lowest BCUT2D eigenvalue weighted by Crippen LogP contribution is -2.41. The van der Waals surface area contributed by atoms with Crippen LogP contribution >= 0.6 is 0 Å². The summed E-state index contributed by atoms with van der Waals surface area (Å²) in [4.78, 5) is 29.9. The smallest absolute Gasteiger partial charge is 0.337 e. The second-order valence-electron chi connectivity index (χ2n) is 5.41. The van der Waals surface area contributed by atoms with E-state index in [1.165, 1.54) is 36.2 Å². The van der Waals surface area contributed by atoms with Gasteiger partial charge in [-0.15, -0.1) is 6.58 Å². The molecule has 2 heterocycles. The van der Waals surface area contributed by atoms with Gasteiger partial charge in [0.05, 0.1) is 25.2 Å². The van der Waals surface area contributed by atoms with Crippen LogP contribution in [-0.2, 0) is 17.8 Å². The van der Waals surface area contributed by atoms with Crippen LogP contribution in [0.4, 0.5) is 4.39 Å². The van der Waals surface area contributed by atoms with Crippen molar-refractivity contribution in [2.45, 2.75) is 13.1 Å². The number of aromatic nitrogens is 4. The van der Waals surface area contributed by atoms with Crippen molar-refractivity contribution in [2.75, 3.05) is 13.7 Å². The average Bonchev–Trinajstić information content (AvgIpc) is 2.99. The summed E-state index contributed by atoms with van der Waals surface area (Å²) < 4.78 is 22.5. The molecular weight excluding hydrogens is 327 g/mol. The molecule has 0 spiro atoms. The summed E-state index contributed by atoms with van der Waals surface area (Å²) in [5.41, 5.74) is -0.339. The fourth-order valence-corrected chi connectivity index (χ4v) is 2.69. The molecule has 2 aromatic heterocycles. The fourth-order valence-electron chi connectivity index (χ4n) is 2.69. The lowest BCUT2D eigenvalue weighted by Gasteiger charge is -2.12. The molecule has 1 aromatic carbocycles. The van der Waals surface area contributed by atoms with Crippen molar-refractivity contribution in [2.24, 2.45) is 0 Å². The van der Waals surface area contributed by atoms with Gasteiger partial charge in [0.15, 0.2) is 11.2 Å². The Bertz CT molecular complexity index is 1050. The van der Waals surface area contributed by atoms with E-state index in [2.05, 4.69) is 11.6 Å². The standard InChI is InChI=1S/C17H17FN4O3/c1-3-7-20-11-19-15-14(20)16(23)21(8-9-25-2)17(24)22(15)13-6-4-5-12(18)10-13/h3-6,10-11H,1,7-9H2,2H3. The number of allylic oxidation sites excluding steroid dienone is 1. The van der Waals surface area contributed by atoms with E-state index in [1.807, 2.05) is 0 Å². The Morgan fingerprint density at radius 2 is 2.16 bits per heavy atom. The Balaban J connectivity index is 2.40. The van der Waals surface area contributed by atoms with E-state index in [1.54, 1.807) is 16.7 Å². The molecule has 130 valence electrons. The number of rotatable bonds is 6. The number of nitrogens with zero attached hydrogens (tertiary/aromatic N) is 4. The van der Waals surface area contributed by atoms with Gasteiger partial charge < -0.3 is 9.30 Å². The first-order valence-corrected chi connectivity index (χ1v) is 7.65. The molecule has 0 bridgehead atoms. The van der Waals surface area contributed by atoms with Crippen molar-refractivity contribution in [1.82, 2.24) is 18.7 Å². The number of benzene rings is 1. The van der Waals surface area contributed by atoms with Gasteiger partial charge in [-0.25, -0.2) is 18.7 Å². The minimum absolute atomic E-state index is 0.0820. The number of ether oxygens (including phenoxy) is 1. The van der Waals surface area contributed by atoms with Gasteiger partial charge in [0.2, 0.25) is 0 Å². The summed E-state index contributed by atoms with van der Waals surface area (Å²) in [5, 5.41) is 0. The monoisotopic (exact) mass is 344 g/mol. The Labute approximate surface area is 142 Å². The normalized spacial score (nSPS) is 11.1. The van der Waals surface area contributed by atoms with Crippen LogP contribution in [0.5, 0.6) is 0 Å². The third-order valence-electron chi connectivity index (χ3n) is 3.81. The lowest BCUT2D eigenvalue weighted by molar-refractivity contribution is 0.184. The molecule has 0 saturated heterocycles. The van der Waals surface area contributed by atoms with E-state index in [9.17, 15) is 14.0 Å². The number of imidazole rings is 1. The maximum atomic E-state index is 13.7. The van der Waals surface area contributed by atoms with Gasteiger partial charge >= 0.3 is 5.69 Å². The van der Waals surface area contributed by atoms with Gasteiger partial charge in [0, 0.05) is 13.7 Å². The molecule has 8 heteroatoms. The van der Waals surface area contributed by atoms with Crippen LogP contribution in [0.15, 0.2) is 52.8 Å². The minimum Gasteiger partial charge on any atom is -0.383 e. The molecule has 3 rings (SSSR count). The largest absolute Gasteiger partial charge is 0.383 e. The van der Waals surface area contributed by atoms with E-state index >= 15 is 0 Å². The Hall–Kier alpha value is -3.00. The molecule has 0 radical (unpaired) electrons. The van der Waals surface area contributed by atoms with Crippen molar-refractivity contribution >= 4 is 11.2 Å². The van der Waals surface area contributed by atoms with Crippen LogP contribution in [0.25, 0.3) is 16.9 Å². The van der Waals surface area contributed by atoms with Crippen molar-refractivity contribution in [3.05, 3.63) is 69.9 Å². The summed E-state index contributed by atoms with van der Waals surface area (Å²) in [6, 6.07) is 5.58. The fraction of sp³-hybridized carbons (Fsp3) is 0.235. The van der Waals surface area contributed by atoms with Crippen molar-refractivity contribution in [3.63, 3.8) is 0 Å². The van der Waals surface area contributed by atoms with Crippen LogP contribution in [0, 0.1) is 5.82 Å². The second-order valence-corrected chi connectivity index (χ2v) is 5.41. The quantitative estimate of drug-likeness (QED) is 0.633. The molecule has 0 amide bonds. The summed E-state index contributed by atoms with van der Waals surface area (Å²) >= 11 is 0. The first kappa shape index (κ1) is 16.8. The SMILES string of the molecule is C=CCn1cnc2c1c(=O)n(CCOC)c(=O)n2-c1cccc(F)c1. The van der Waals surface area contributed by atoms with Crippen molar-refractivity contribution < 1.29 is 9.13 Å². The second kappa shape index (κ2) is 6.86. The molecule has 0 aliphatic heterocycles. The maximum Gasteiger partial charge on any atom is 0.337 e. The van der Waals surface area contributed by atoms with Gasteiger partial charge in [0.1, 0.15) is 5.82 Å². The summed E-state index contributed by atoms with van der Waals surface area (Å²) in [6.45, 7) is 4.29. The summed E-state index contributed by atoms with van der Waals surface area (Å²) in [5.74, 6) is -0.488. The zero-order valence-corrected chi connectivity index (χ0v) is 13.7. The maximum absolute atomic E-state index is 13.7. The topological polar surface area (TPSA) is 71.1 Å². The summed E-state index contributed by atoms with van der Waals surface area (Å²) in [7, 11) is 1.48. The van der Waals surface area contributed by atoms with Crippen LogP contribution in [0.2, 0.25) is 0 Å². The first-order valence-electron chi connectivity index (χ1n) is 7.65. The molecule has 25 heavy (non-hydrogen) atoms. The Kier molecular flexibility index (Phi) is 4.62. The highest BCUT2D eigenvalue weighted by molar-refractivity contribution is 5.72. The molecule has 0 aliphatic rings. The van der Waals surface area contributed by atoms with E-state index in [-0.39, 0.29) is 24.3 Å². The van der Waals surface area contributed by atoms with Gasteiger partial charge in [-0.05, 0) is 18.2 Å². The van der Waals surface area contributed by atoms with Crippen LogP contribution < -0.4 is 11.2 Å². The van der Waals surface area contributed by atoms with Crippen LogP contribution in [0.3, 0.4) is 0 Å². The number of hydrogen-bond donors (Lipinski definition) is 0. The highest BCUT2D eigenvalue weighted by Crippen LogP contribution is 2.14. The third kappa shape index (κ3) is 2.91. The Morgan fingerprint density at radius 3 is 2.84 bits per heavy atom. The molecule has 0 atom stereocenters. The third-order valence-corrected chi connectivity index (χ3v) is 3.81. The number of hydrogen-bond acceptors (Lipinski definition) is 4. The molecule has 0 unspecified atom stereocenters. The van der Waals surface area contributed by atoms with E-state index in [4.69, 9.17) is 4.74 Å². The molecule has 3 aromatic rings. The van der Waals surface area contributed by atoms with Crippen molar-refractivity contribution in [3.8, 4) is 5.69 Å². The lowest BCUT2D eigenvalue weighted by atomic mass is 10.3. The van der Waals surface area contributed by atoms with Gasteiger partial charge in [-0.2, -0.15) is 0 Å². The highest BCUT2D eigenvalue weighted by atomic mass is 19.1. The Morgan fingerprint density at radius 1 is 1.36 bits per heavy atom. The predicted octanol–water partition coefficient (Wildman–Crippen LogP) is 1.32. The first-order chi connectivity index (χ1) is 12.1. The number of methoxy groups -OCH3 is 1. The van der Waals surface area contributed by atoms with Crippen LogP contribution in [-0.4, -0.2) is 32.4 Å². The average molecular weight is 344 g/mol. The van der Waals surface area contributed by atoms with Gasteiger partial charge in [-0.1, -0.05) is 12.1 Å². The molecule has 0 aliphatic carbocycles. The molecule has 0 fully saturated rings. The van der Waals surface area contributed by atoms with Crippen molar-refractivity contribution in [1.29, 1.82) is 0 Å².